The first-order valence-corrected chi connectivity index (χ1v) is 9.93. The molecular formula is C20H20IN3O4. The van der Waals surface area contributed by atoms with Gasteiger partial charge in [0.05, 0.1) is 17.7 Å². The van der Waals surface area contributed by atoms with E-state index >= 15 is 0 Å². The van der Waals surface area contributed by atoms with Crippen molar-refractivity contribution in [1.82, 2.24) is 15.1 Å². The number of para-hydroxylation sites is 1. The number of hydrogen-bond acceptors (Lipinski definition) is 4. The Balaban J connectivity index is 1.50. The van der Waals surface area contributed by atoms with Crippen molar-refractivity contribution in [2.24, 2.45) is 0 Å². The quantitative estimate of drug-likeness (QED) is 0.635. The Labute approximate surface area is 176 Å². The van der Waals surface area contributed by atoms with Gasteiger partial charge >= 0.3 is 0 Å². The van der Waals surface area contributed by atoms with Gasteiger partial charge in [-0.1, -0.05) is 24.3 Å². The molecule has 2 aromatic rings. The zero-order valence-corrected chi connectivity index (χ0v) is 17.3. The number of halogens is 1. The fourth-order valence-electron chi connectivity index (χ4n) is 2.99. The number of rotatable bonds is 4. The second-order valence-electron chi connectivity index (χ2n) is 6.35. The van der Waals surface area contributed by atoms with Gasteiger partial charge < -0.3 is 20.2 Å². The van der Waals surface area contributed by atoms with Crippen LogP contribution in [-0.2, 0) is 4.79 Å². The van der Waals surface area contributed by atoms with Gasteiger partial charge in [-0.2, -0.15) is 0 Å². The number of piperazine rings is 1. The SMILES string of the molecule is O=C(NCC(=O)N1CCN(C(=O)c2ccccc2O)CC1)c1ccccc1I. The van der Waals surface area contributed by atoms with Crippen LogP contribution in [0.1, 0.15) is 20.7 Å². The van der Waals surface area contributed by atoms with E-state index in [9.17, 15) is 19.5 Å². The molecule has 1 aliphatic heterocycles. The molecule has 0 atom stereocenters. The van der Waals surface area contributed by atoms with E-state index < -0.39 is 0 Å². The van der Waals surface area contributed by atoms with Crippen molar-refractivity contribution in [3.8, 4) is 5.75 Å². The number of carbonyl (C=O) groups excluding carboxylic acids is 3. The first-order valence-electron chi connectivity index (χ1n) is 8.85. The zero-order valence-electron chi connectivity index (χ0n) is 15.1. The lowest BCUT2D eigenvalue weighted by Gasteiger charge is -2.35. The Morgan fingerprint density at radius 2 is 1.46 bits per heavy atom. The van der Waals surface area contributed by atoms with Gasteiger partial charge in [0.2, 0.25) is 5.91 Å². The topological polar surface area (TPSA) is 90.0 Å². The van der Waals surface area contributed by atoms with Crippen LogP contribution in [0.15, 0.2) is 48.5 Å². The molecule has 2 aromatic carbocycles. The summed E-state index contributed by atoms with van der Waals surface area (Å²) >= 11 is 2.08. The van der Waals surface area contributed by atoms with Gasteiger partial charge in [0.1, 0.15) is 5.75 Å². The highest BCUT2D eigenvalue weighted by Crippen LogP contribution is 2.18. The van der Waals surface area contributed by atoms with E-state index in [0.717, 1.165) is 3.57 Å². The summed E-state index contributed by atoms with van der Waals surface area (Å²) in [5, 5.41) is 12.5. The summed E-state index contributed by atoms with van der Waals surface area (Å²) in [4.78, 5) is 40.4. The van der Waals surface area contributed by atoms with E-state index in [4.69, 9.17) is 0 Å². The number of phenols is 1. The lowest BCUT2D eigenvalue weighted by atomic mass is 10.1. The average molecular weight is 493 g/mol. The van der Waals surface area contributed by atoms with Crippen molar-refractivity contribution in [2.75, 3.05) is 32.7 Å². The van der Waals surface area contributed by atoms with Crippen molar-refractivity contribution in [1.29, 1.82) is 0 Å². The van der Waals surface area contributed by atoms with Crippen molar-refractivity contribution in [3.05, 3.63) is 63.2 Å². The number of aromatic hydroxyl groups is 1. The minimum Gasteiger partial charge on any atom is -0.507 e. The Bertz CT molecular complexity index is 895. The molecule has 3 rings (SSSR count). The maximum Gasteiger partial charge on any atom is 0.257 e. The molecular weight excluding hydrogens is 473 g/mol. The van der Waals surface area contributed by atoms with Crippen LogP contribution in [0.25, 0.3) is 0 Å². The minimum absolute atomic E-state index is 0.0516. The predicted octanol–water partition coefficient (Wildman–Crippen LogP) is 1.71. The van der Waals surface area contributed by atoms with Crippen LogP contribution in [-0.4, -0.2) is 65.4 Å². The number of hydrogen-bond donors (Lipinski definition) is 2. The first kappa shape index (κ1) is 20.1. The van der Waals surface area contributed by atoms with Crippen LogP contribution in [0.5, 0.6) is 5.75 Å². The maximum absolute atomic E-state index is 12.5. The zero-order chi connectivity index (χ0) is 20.1. The van der Waals surface area contributed by atoms with Crippen molar-refractivity contribution >= 4 is 40.3 Å². The van der Waals surface area contributed by atoms with E-state index in [-0.39, 0.29) is 35.6 Å². The van der Waals surface area contributed by atoms with E-state index in [1.165, 1.54) is 6.07 Å². The molecule has 1 heterocycles. The van der Waals surface area contributed by atoms with Crippen LogP contribution < -0.4 is 5.32 Å². The van der Waals surface area contributed by atoms with Gasteiger partial charge in [0, 0.05) is 29.7 Å². The molecule has 0 bridgehead atoms. The number of nitrogens with one attached hydrogen (secondary N) is 1. The summed E-state index contributed by atoms with van der Waals surface area (Å²) in [5.41, 5.74) is 0.793. The Morgan fingerprint density at radius 1 is 0.893 bits per heavy atom. The second-order valence-corrected chi connectivity index (χ2v) is 7.51. The third-order valence-corrected chi connectivity index (χ3v) is 5.51. The normalized spacial score (nSPS) is 13.9. The van der Waals surface area contributed by atoms with Gasteiger partial charge in [-0.3, -0.25) is 14.4 Å². The smallest absolute Gasteiger partial charge is 0.257 e. The number of phenolic OH excluding ortho intramolecular Hbond substituents is 1. The van der Waals surface area contributed by atoms with E-state index in [1.54, 1.807) is 40.1 Å². The number of nitrogens with zero attached hydrogens (tertiary/aromatic N) is 2. The lowest BCUT2D eigenvalue weighted by Crippen LogP contribution is -2.52. The van der Waals surface area contributed by atoms with Crippen molar-refractivity contribution in [2.45, 2.75) is 0 Å². The predicted molar refractivity (Wildman–Crippen MR) is 112 cm³/mol. The molecule has 0 aromatic heterocycles. The highest BCUT2D eigenvalue weighted by molar-refractivity contribution is 14.1. The Hall–Kier alpha value is -2.62. The van der Waals surface area contributed by atoms with Gasteiger partial charge in [0.25, 0.3) is 11.8 Å². The molecule has 0 radical (unpaired) electrons. The van der Waals surface area contributed by atoms with E-state index in [0.29, 0.717) is 31.7 Å². The second kappa shape index (κ2) is 9.05. The minimum atomic E-state index is -0.285. The fraction of sp³-hybridized carbons (Fsp3) is 0.250. The molecule has 0 unspecified atom stereocenters. The molecule has 3 amide bonds. The number of amides is 3. The van der Waals surface area contributed by atoms with Gasteiger partial charge in [0.15, 0.2) is 0 Å². The number of carbonyl (C=O) groups is 3. The van der Waals surface area contributed by atoms with Gasteiger partial charge in [-0.25, -0.2) is 0 Å². The van der Waals surface area contributed by atoms with E-state index in [1.807, 2.05) is 12.1 Å². The highest BCUT2D eigenvalue weighted by Gasteiger charge is 2.26. The lowest BCUT2D eigenvalue weighted by molar-refractivity contribution is -0.131. The van der Waals surface area contributed by atoms with Crippen LogP contribution in [0.3, 0.4) is 0 Å². The maximum atomic E-state index is 12.5. The molecule has 0 spiro atoms. The first-order chi connectivity index (χ1) is 13.5. The molecule has 1 saturated heterocycles. The van der Waals surface area contributed by atoms with Crippen molar-refractivity contribution in [3.63, 3.8) is 0 Å². The molecule has 0 aliphatic carbocycles. The van der Waals surface area contributed by atoms with Crippen molar-refractivity contribution < 1.29 is 19.5 Å². The Kier molecular flexibility index (Phi) is 6.50. The summed E-state index contributed by atoms with van der Waals surface area (Å²) in [6, 6.07) is 13.6. The Morgan fingerprint density at radius 3 is 2.11 bits per heavy atom. The summed E-state index contributed by atoms with van der Waals surface area (Å²) in [6.45, 7) is 1.44. The molecule has 7 nitrogen and oxygen atoms in total. The molecule has 0 saturated carbocycles. The standard InChI is InChI=1S/C20H20IN3O4/c21-16-7-3-1-5-14(16)19(27)22-13-18(26)23-9-11-24(12-10-23)20(28)15-6-2-4-8-17(15)25/h1-8,25H,9-13H2,(H,22,27). The summed E-state index contributed by atoms with van der Waals surface area (Å²) in [7, 11) is 0. The fourth-order valence-corrected chi connectivity index (χ4v) is 3.62. The largest absolute Gasteiger partial charge is 0.507 e. The molecule has 8 heteroatoms. The molecule has 2 N–H and O–H groups in total. The third-order valence-electron chi connectivity index (χ3n) is 4.57. The average Bonchev–Trinajstić information content (AvgIpc) is 2.72. The van der Waals surface area contributed by atoms with Crippen LogP contribution in [0, 0.1) is 3.57 Å². The summed E-state index contributed by atoms with van der Waals surface area (Å²) < 4.78 is 0.821. The highest BCUT2D eigenvalue weighted by atomic mass is 127. The molecule has 146 valence electrons. The molecule has 28 heavy (non-hydrogen) atoms. The monoisotopic (exact) mass is 493 g/mol. The van der Waals surface area contributed by atoms with Gasteiger partial charge in [-0.15, -0.1) is 0 Å². The van der Waals surface area contributed by atoms with Gasteiger partial charge in [-0.05, 0) is 46.9 Å². The van der Waals surface area contributed by atoms with Crippen LogP contribution in [0.4, 0.5) is 0 Å². The third kappa shape index (κ3) is 4.61. The van der Waals surface area contributed by atoms with Crippen LogP contribution in [0.2, 0.25) is 0 Å². The molecule has 1 fully saturated rings. The van der Waals surface area contributed by atoms with Crippen LogP contribution >= 0.6 is 22.6 Å². The molecule has 1 aliphatic rings. The summed E-state index contributed by atoms with van der Waals surface area (Å²) in [6.07, 6.45) is 0. The number of benzene rings is 2. The van der Waals surface area contributed by atoms with E-state index in [2.05, 4.69) is 27.9 Å². The summed E-state index contributed by atoms with van der Waals surface area (Å²) in [5.74, 6) is -0.776.